The molecule has 0 bridgehead atoms. The van der Waals surface area contributed by atoms with Crippen LogP contribution in [0, 0.1) is 17.2 Å². The monoisotopic (exact) mass is 677 g/mol. The molecule has 258 valence electrons. The number of aliphatic hydroxyl groups excluding tert-OH is 1. The first-order chi connectivity index (χ1) is 22.3. The van der Waals surface area contributed by atoms with Gasteiger partial charge in [-0.25, -0.2) is 19.7 Å². The number of nitrogen functional groups attached to an aromatic ring is 1. The molecule has 3 heterocycles. The van der Waals surface area contributed by atoms with Crippen molar-refractivity contribution < 1.29 is 43.1 Å². The number of hydrogen-bond donors (Lipinski definition) is 5. The van der Waals surface area contributed by atoms with Crippen molar-refractivity contribution in [3.63, 3.8) is 0 Å². The fourth-order valence-electron chi connectivity index (χ4n) is 6.35. The molecule has 17 heteroatoms. The van der Waals surface area contributed by atoms with E-state index in [4.69, 9.17) is 24.5 Å². The van der Waals surface area contributed by atoms with Crippen molar-refractivity contribution in [3.05, 3.63) is 24.2 Å². The summed E-state index contributed by atoms with van der Waals surface area (Å²) >= 11 is 0. The number of nitrogens with zero attached hydrogens (tertiary/aromatic N) is 4. The van der Waals surface area contributed by atoms with Crippen LogP contribution in [-0.4, -0.2) is 85.0 Å². The third kappa shape index (κ3) is 6.50. The van der Waals surface area contributed by atoms with Gasteiger partial charge in [0.25, 0.3) is 0 Å². The molecule has 6 N–H and O–H groups in total. The Balaban J connectivity index is 1.36. The number of rotatable bonds is 14. The van der Waals surface area contributed by atoms with Gasteiger partial charge in [-0.15, -0.1) is 0 Å². The third-order valence-electron chi connectivity index (χ3n) is 9.44. The molecule has 0 radical (unpaired) electrons. The minimum absolute atomic E-state index is 0.143. The van der Waals surface area contributed by atoms with E-state index in [2.05, 4.69) is 20.3 Å². The van der Waals surface area contributed by atoms with Crippen LogP contribution < -0.4 is 15.9 Å². The number of nitriles is 1. The maximum Gasteiger partial charge on any atom is 0.342 e. The standard InChI is InChI=1S/C30H44N7O9P/c1-5-19(6-2)14-43-26(39)17(3)35-47(42,36-18(4)27(40)44-20-10-8-7-9-11-20)46-28-29(15-31)30(28,41)24(38)23(45-29)21-12-13-22-25(32)33-16-34-37(21)22/h12-13,16-20,23-24,28,38,41H,5-11,14H2,1-4H3,(H2,32,33,34)(H2,35,36,42)/t17-,18-,23-,24-,28?,29+,30+,47?/m0/s1. The highest BCUT2D eigenvalue weighted by atomic mass is 31.2. The van der Waals surface area contributed by atoms with Crippen LogP contribution in [0.4, 0.5) is 5.82 Å². The summed E-state index contributed by atoms with van der Waals surface area (Å²) < 4.78 is 38.7. The second kappa shape index (κ2) is 13.8. The molecule has 2 unspecified atom stereocenters. The summed E-state index contributed by atoms with van der Waals surface area (Å²) in [6.07, 6.45) is 2.24. The molecule has 16 nitrogen and oxygen atoms in total. The van der Waals surface area contributed by atoms with E-state index in [1.165, 1.54) is 24.7 Å². The van der Waals surface area contributed by atoms with Crippen molar-refractivity contribution in [1.29, 1.82) is 5.26 Å². The number of carbonyl (C=O) groups is 2. The van der Waals surface area contributed by atoms with E-state index >= 15 is 0 Å². The third-order valence-corrected chi connectivity index (χ3v) is 11.4. The Morgan fingerprint density at radius 3 is 2.47 bits per heavy atom. The summed E-state index contributed by atoms with van der Waals surface area (Å²) in [6.45, 7) is 6.96. The van der Waals surface area contributed by atoms with Gasteiger partial charge >= 0.3 is 19.6 Å². The number of aromatic nitrogens is 3. The first-order valence-corrected chi connectivity index (χ1v) is 17.7. The molecular weight excluding hydrogens is 633 g/mol. The molecule has 3 fully saturated rings. The fourth-order valence-corrected chi connectivity index (χ4v) is 8.38. The molecule has 2 aromatic rings. The van der Waals surface area contributed by atoms with Crippen molar-refractivity contribution in [2.75, 3.05) is 12.3 Å². The van der Waals surface area contributed by atoms with Gasteiger partial charge in [0.1, 0.15) is 54.4 Å². The largest absolute Gasteiger partial charge is 0.464 e. The maximum absolute atomic E-state index is 14.4. The fraction of sp³-hybridized carbons (Fsp3) is 0.700. The van der Waals surface area contributed by atoms with E-state index in [9.17, 15) is 29.6 Å². The van der Waals surface area contributed by atoms with Crippen LogP contribution in [0.5, 0.6) is 0 Å². The predicted molar refractivity (Wildman–Crippen MR) is 166 cm³/mol. The van der Waals surface area contributed by atoms with E-state index in [0.29, 0.717) is 5.52 Å². The molecule has 1 saturated heterocycles. The molecule has 0 amide bonds. The molecule has 47 heavy (non-hydrogen) atoms. The van der Waals surface area contributed by atoms with E-state index in [1.807, 2.05) is 19.9 Å². The Bertz CT molecular complexity index is 1560. The minimum Gasteiger partial charge on any atom is -0.464 e. The quantitative estimate of drug-likeness (QED) is 0.142. The lowest BCUT2D eigenvalue weighted by molar-refractivity contribution is -0.152. The molecule has 1 aliphatic heterocycles. The average molecular weight is 678 g/mol. The number of nitrogens with one attached hydrogen (secondary N) is 2. The number of carbonyl (C=O) groups excluding carboxylic acids is 2. The summed E-state index contributed by atoms with van der Waals surface area (Å²) in [6, 6.07) is 2.65. The number of anilines is 1. The van der Waals surface area contributed by atoms with Gasteiger partial charge in [-0.05, 0) is 57.6 Å². The Labute approximate surface area is 272 Å². The predicted octanol–water partition coefficient (Wildman–Crippen LogP) is 2.06. The Hall–Kier alpha value is -3.16. The second-order valence-corrected chi connectivity index (χ2v) is 14.4. The first kappa shape index (κ1) is 35.2. The molecule has 8 atom stereocenters. The number of nitrogens with two attached hydrogens (primary N) is 1. The van der Waals surface area contributed by atoms with Crippen LogP contribution in [0.25, 0.3) is 5.52 Å². The number of ether oxygens (including phenoxy) is 3. The lowest BCUT2D eigenvalue weighted by Crippen LogP contribution is -2.44. The zero-order valence-corrected chi connectivity index (χ0v) is 27.9. The zero-order valence-electron chi connectivity index (χ0n) is 27.0. The average Bonchev–Trinajstić information content (AvgIpc) is 3.29. The maximum atomic E-state index is 14.4. The number of fused-ring (bicyclic) bond motifs is 2. The van der Waals surface area contributed by atoms with E-state index in [1.54, 1.807) is 12.1 Å². The summed E-state index contributed by atoms with van der Waals surface area (Å²) in [5, 5.41) is 42.6. The van der Waals surface area contributed by atoms with Gasteiger partial charge in [0, 0.05) is 0 Å². The molecule has 5 rings (SSSR count). The van der Waals surface area contributed by atoms with Crippen LogP contribution in [0.15, 0.2) is 18.5 Å². The summed E-state index contributed by atoms with van der Waals surface area (Å²) in [5.74, 6) is -1.10. The highest BCUT2D eigenvalue weighted by molar-refractivity contribution is 7.54. The molecule has 0 aromatic carbocycles. The van der Waals surface area contributed by atoms with Crippen LogP contribution in [0.1, 0.15) is 84.4 Å². The highest BCUT2D eigenvalue weighted by Crippen LogP contribution is 2.67. The molecule has 2 aliphatic carbocycles. The topological polar surface area (TPSA) is 233 Å². The molecule has 2 aromatic heterocycles. The highest BCUT2D eigenvalue weighted by Gasteiger charge is 2.90. The van der Waals surface area contributed by atoms with Gasteiger partial charge in [-0.2, -0.15) is 10.4 Å². The van der Waals surface area contributed by atoms with Gasteiger partial charge in [0.15, 0.2) is 11.4 Å². The summed E-state index contributed by atoms with van der Waals surface area (Å²) in [7, 11) is -4.50. The van der Waals surface area contributed by atoms with Crippen molar-refractivity contribution in [1.82, 2.24) is 24.8 Å². The SMILES string of the molecule is CCC(CC)COC(=O)[C@H](C)NP(=O)(N[C@@H](C)C(=O)OC1CCCCC1)OC1[C@@]2(C#N)O[C@@H](c3ccc4c(N)ncnn34)[C@H](O)[C@@]12O. The van der Waals surface area contributed by atoms with Crippen molar-refractivity contribution in [2.45, 2.75) is 120 Å². The smallest absolute Gasteiger partial charge is 0.342 e. The summed E-state index contributed by atoms with van der Waals surface area (Å²) in [4.78, 5) is 29.9. The van der Waals surface area contributed by atoms with E-state index in [-0.39, 0.29) is 30.1 Å². The minimum atomic E-state index is -4.50. The normalized spacial score (nSPS) is 29.9. The Kier molecular flexibility index (Phi) is 10.3. The molecular formula is C30H44N7O9P. The van der Waals surface area contributed by atoms with Crippen LogP contribution in [-0.2, 0) is 32.9 Å². The van der Waals surface area contributed by atoms with Crippen LogP contribution in [0.2, 0.25) is 0 Å². The number of hydrogen-bond acceptors (Lipinski definition) is 13. The molecule has 0 spiro atoms. The van der Waals surface area contributed by atoms with E-state index < -0.39 is 61.2 Å². The van der Waals surface area contributed by atoms with Crippen molar-refractivity contribution in [2.24, 2.45) is 5.92 Å². The van der Waals surface area contributed by atoms with Gasteiger partial charge in [0.05, 0.1) is 12.3 Å². The Morgan fingerprint density at radius 2 is 1.85 bits per heavy atom. The first-order valence-electron chi connectivity index (χ1n) is 16.1. The van der Waals surface area contributed by atoms with E-state index in [0.717, 1.165) is 44.9 Å². The van der Waals surface area contributed by atoms with Crippen molar-refractivity contribution in [3.8, 4) is 6.07 Å². The van der Waals surface area contributed by atoms with Gasteiger partial charge < -0.3 is 30.2 Å². The Morgan fingerprint density at radius 1 is 1.19 bits per heavy atom. The molecule has 2 saturated carbocycles. The number of esters is 2. The lowest BCUT2D eigenvalue weighted by Gasteiger charge is -2.29. The summed E-state index contributed by atoms with van der Waals surface area (Å²) in [5.41, 5.74) is 2.11. The second-order valence-electron chi connectivity index (χ2n) is 12.6. The van der Waals surface area contributed by atoms with Gasteiger partial charge in [-0.3, -0.25) is 18.7 Å². The van der Waals surface area contributed by atoms with Crippen LogP contribution in [0.3, 0.4) is 0 Å². The lowest BCUT2D eigenvalue weighted by atomic mass is 9.98. The van der Waals surface area contributed by atoms with Gasteiger partial charge in [-0.1, -0.05) is 33.1 Å². The van der Waals surface area contributed by atoms with Crippen molar-refractivity contribution >= 4 is 30.9 Å². The van der Waals surface area contributed by atoms with Gasteiger partial charge in [0.2, 0.25) is 5.60 Å². The van der Waals surface area contributed by atoms with Crippen LogP contribution >= 0.6 is 7.67 Å². The number of aliphatic hydroxyl groups is 2. The zero-order chi connectivity index (χ0) is 34.1. The molecule has 3 aliphatic rings.